The van der Waals surface area contributed by atoms with Crippen molar-refractivity contribution in [1.82, 2.24) is 4.90 Å². The van der Waals surface area contributed by atoms with Gasteiger partial charge in [0.2, 0.25) is 0 Å². The number of hydrogen-bond acceptors (Lipinski definition) is 3. The summed E-state index contributed by atoms with van der Waals surface area (Å²) in [4.78, 5) is 2.50. The number of benzene rings is 1. The number of nitrogens with zero attached hydrogens (tertiary/aromatic N) is 1. The van der Waals surface area contributed by atoms with Crippen LogP contribution in [0.25, 0.3) is 0 Å². The maximum atomic E-state index is 5.78. The molecule has 1 heterocycles. The molecule has 1 aromatic rings. The molecule has 0 aromatic heterocycles. The standard InChI is InChI=1S/C15H24N2O/c1-15(2)12-17(9-10-18-15)8-4-6-13-5-3-7-14(16)11-13/h3,5,7,11H,4,6,8-10,12,16H2,1-2H3. The van der Waals surface area contributed by atoms with E-state index in [1.54, 1.807) is 0 Å². The number of ether oxygens (including phenoxy) is 1. The van der Waals surface area contributed by atoms with Gasteiger partial charge in [-0.25, -0.2) is 0 Å². The highest BCUT2D eigenvalue weighted by molar-refractivity contribution is 5.40. The molecule has 0 saturated carbocycles. The van der Waals surface area contributed by atoms with Gasteiger partial charge in [0.15, 0.2) is 0 Å². The Morgan fingerprint density at radius 2 is 2.22 bits per heavy atom. The van der Waals surface area contributed by atoms with Gasteiger partial charge in [-0.2, -0.15) is 0 Å². The van der Waals surface area contributed by atoms with E-state index in [0.717, 1.165) is 38.3 Å². The van der Waals surface area contributed by atoms with Gasteiger partial charge in [0, 0.05) is 18.8 Å². The zero-order valence-corrected chi connectivity index (χ0v) is 11.5. The number of nitrogens with two attached hydrogens (primary N) is 1. The second-order valence-electron chi connectivity index (χ2n) is 5.73. The molecule has 0 unspecified atom stereocenters. The van der Waals surface area contributed by atoms with Gasteiger partial charge in [-0.15, -0.1) is 0 Å². The first-order valence-corrected chi connectivity index (χ1v) is 6.76. The smallest absolute Gasteiger partial charge is 0.0753 e. The molecule has 1 aliphatic rings. The summed E-state index contributed by atoms with van der Waals surface area (Å²) in [5.74, 6) is 0. The molecular weight excluding hydrogens is 224 g/mol. The molecule has 3 heteroatoms. The summed E-state index contributed by atoms with van der Waals surface area (Å²) in [5, 5.41) is 0. The Morgan fingerprint density at radius 3 is 2.94 bits per heavy atom. The Bertz CT molecular complexity index is 390. The zero-order chi connectivity index (χ0) is 13.0. The van der Waals surface area contributed by atoms with Crippen LogP contribution in [0.5, 0.6) is 0 Å². The van der Waals surface area contributed by atoms with Gasteiger partial charge in [-0.3, -0.25) is 4.90 Å². The molecule has 1 aliphatic heterocycles. The van der Waals surface area contributed by atoms with E-state index in [2.05, 4.69) is 30.9 Å². The zero-order valence-electron chi connectivity index (χ0n) is 11.5. The second-order valence-corrected chi connectivity index (χ2v) is 5.73. The maximum absolute atomic E-state index is 5.78. The Hall–Kier alpha value is -1.06. The average Bonchev–Trinajstić information content (AvgIpc) is 2.28. The van der Waals surface area contributed by atoms with E-state index in [0.29, 0.717) is 0 Å². The monoisotopic (exact) mass is 248 g/mol. The van der Waals surface area contributed by atoms with E-state index in [9.17, 15) is 0 Å². The average molecular weight is 248 g/mol. The normalized spacial score (nSPS) is 19.9. The molecule has 0 amide bonds. The maximum Gasteiger partial charge on any atom is 0.0753 e. The number of rotatable bonds is 4. The Morgan fingerprint density at radius 1 is 1.39 bits per heavy atom. The third-order valence-electron chi connectivity index (χ3n) is 3.40. The third kappa shape index (κ3) is 4.00. The van der Waals surface area contributed by atoms with Gasteiger partial charge in [-0.05, 0) is 50.9 Å². The van der Waals surface area contributed by atoms with Crippen LogP contribution < -0.4 is 5.73 Å². The lowest BCUT2D eigenvalue weighted by Crippen LogP contribution is -2.48. The van der Waals surface area contributed by atoms with Gasteiger partial charge in [0.1, 0.15) is 0 Å². The molecule has 0 spiro atoms. The van der Waals surface area contributed by atoms with E-state index in [1.165, 1.54) is 12.0 Å². The van der Waals surface area contributed by atoms with Crippen LogP contribution >= 0.6 is 0 Å². The topological polar surface area (TPSA) is 38.5 Å². The molecule has 18 heavy (non-hydrogen) atoms. The van der Waals surface area contributed by atoms with Crippen molar-refractivity contribution in [3.63, 3.8) is 0 Å². The molecule has 0 bridgehead atoms. The molecule has 100 valence electrons. The van der Waals surface area contributed by atoms with Crippen LogP contribution in [0.4, 0.5) is 5.69 Å². The van der Waals surface area contributed by atoms with Crippen molar-refractivity contribution in [2.24, 2.45) is 0 Å². The number of morpholine rings is 1. The van der Waals surface area contributed by atoms with E-state index in [4.69, 9.17) is 10.5 Å². The first-order valence-electron chi connectivity index (χ1n) is 6.76. The molecule has 0 aliphatic carbocycles. The molecule has 2 N–H and O–H groups in total. The summed E-state index contributed by atoms with van der Waals surface area (Å²) in [7, 11) is 0. The molecule has 1 saturated heterocycles. The fourth-order valence-corrected chi connectivity index (χ4v) is 2.56. The minimum absolute atomic E-state index is 0.00935. The molecule has 0 atom stereocenters. The van der Waals surface area contributed by atoms with E-state index in [1.807, 2.05) is 12.1 Å². The van der Waals surface area contributed by atoms with Gasteiger partial charge in [-0.1, -0.05) is 12.1 Å². The fraction of sp³-hybridized carbons (Fsp3) is 0.600. The molecular formula is C15H24N2O. The minimum Gasteiger partial charge on any atom is -0.399 e. The number of anilines is 1. The van der Waals surface area contributed by atoms with Crippen LogP contribution in [0.1, 0.15) is 25.8 Å². The van der Waals surface area contributed by atoms with E-state index < -0.39 is 0 Å². The Balaban J connectivity index is 1.75. The number of nitrogen functional groups attached to an aromatic ring is 1. The molecule has 2 rings (SSSR count). The van der Waals surface area contributed by atoms with Gasteiger partial charge >= 0.3 is 0 Å². The van der Waals surface area contributed by atoms with Crippen molar-refractivity contribution in [1.29, 1.82) is 0 Å². The van der Waals surface area contributed by atoms with Crippen molar-refractivity contribution < 1.29 is 4.74 Å². The SMILES string of the molecule is CC1(C)CN(CCCc2cccc(N)c2)CCO1. The predicted octanol–water partition coefficient (Wildman–Crippen LogP) is 2.31. The third-order valence-corrected chi connectivity index (χ3v) is 3.40. The first kappa shape index (κ1) is 13.4. The lowest BCUT2D eigenvalue weighted by atomic mass is 10.1. The largest absolute Gasteiger partial charge is 0.399 e. The Labute approximate surface area is 110 Å². The van der Waals surface area contributed by atoms with E-state index >= 15 is 0 Å². The van der Waals surface area contributed by atoms with Crippen LogP contribution in [0.15, 0.2) is 24.3 Å². The van der Waals surface area contributed by atoms with Crippen molar-refractivity contribution in [3.05, 3.63) is 29.8 Å². The minimum atomic E-state index is 0.00935. The number of hydrogen-bond donors (Lipinski definition) is 1. The summed E-state index contributed by atoms with van der Waals surface area (Å²) in [6.07, 6.45) is 2.28. The second kappa shape index (κ2) is 5.72. The highest BCUT2D eigenvalue weighted by atomic mass is 16.5. The van der Waals surface area contributed by atoms with Crippen LogP contribution in [0, 0.1) is 0 Å². The van der Waals surface area contributed by atoms with Gasteiger partial charge in [0.05, 0.1) is 12.2 Å². The van der Waals surface area contributed by atoms with Crippen LogP contribution in [-0.2, 0) is 11.2 Å². The predicted molar refractivity (Wildman–Crippen MR) is 75.6 cm³/mol. The van der Waals surface area contributed by atoms with Gasteiger partial charge in [0.25, 0.3) is 0 Å². The highest BCUT2D eigenvalue weighted by Gasteiger charge is 2.26. The summed E-state index contributed by atoms with van der Waals surface area (Å²) in [6, 6.07) is 8.19. The molecule has 1 fully saturated rings. The molecule has 0 radical (unpaired) electrons. The van der Waals surface area contributed by atoms with Crippen molar-refractivity contribution in [3.8, 4) is 0 Å². The summed E-state index contributed by atoms with van der Waals surface area (Å²) in [5.41, 5.74) is 7.99. The van der Waals surface area contributed by atoms with E-state index in [-0.39, 0.29) is 5.60 Å². The van der Waals surface area contributed by atoms with Crippen molar-refractivity contribution in [2.75, 3.05) is 32.0 Å². The van der Waals surface area contributed by atoms with Crippen LogP contribution in [0.2, 0.25) is 0 Å². The lowest BCUT2D eigenvalue weighted by Gasteiger charge is -2.38. The lowest BCUT2D eigenvalue weighted by molar-refractivity contribution is -0.0859. The summed E-state index contributed by atoms with van der Waals surface area (Å²) < 4.78 is 5.72. The molecule has 1 aromatic carbocycles. The van der Waals surface area contributed by atoms with Crippen LogP contribution in [-0.4, -0.2) is 36.7 Å². The van der Waals surface area contributed by atoms with Crippen LogP contribution in [0.3, 0.4) is 0 Å². The summed E-state index contributed by atoms with van der Waals surface area (Å²) >= 11 is 0. The number of aryl methyl sites for hydroxylation is 1. The highest BCUT2D eigenvalue weighted by Crippen LogP contribution is 2.17. The Kier molecular flexibility index (Phi) is 4.25. The fourth-order valence-electron chi connectivity index (χ4n) is 2.56. The first-order chi connectivity index (χ1) is 8.55. The summed E-state index contributed by atoms with van der Waals surface area (Å²) in [6.45, 7) is 8.41. The molecule has 3 nitrogen and oxygen atoms in total. The van der Waals surface area contributed by atoms with Crippen molar-refractivity contribution in [2.45, 2.75) is 32.3 Å². The quantitative estimate of drug-likeness (QED) is 0.831. The van der Waals surface area contributed by atoms with Crippen molar-refractivity contribution >= 4 is 5.69 Å². The van der Waals surface area contributed by atoms with Gasteiger partial charge < -0.3 is 10.5 Å².